The minimum atomic E-state index is -0.698. The predicted octanol–water partition coefficient (Wildman–Crippen LogP) is 4.30. The summed E-state index contributed by atoms with van der Waals surface area (Å²) < 4.78 is 21.2. The van der Waals surface area contributed by atoms with Crippen molar-refractivity contribution in [1.29, 1.82) is 0 Å². The van der Waals surface area contributed by atoms with Crippen molar-refractivity contribution in [2.24, 2.45) is 4.40 Å². The van der Waals surface area contributed by atoms with E-state index in [2.05, 4.69) is 48.7 Å². The maximum atomic E-state index is 10.3. The Morgan fingerprint density at radius 1 is 1.17 bits per heavy atom. The van der Waals surface area contributed by atoms with E-state index in [-0.39, 0.29) is 47.0 Å². The summed E-state index contributed by atoms with van der Waals surface area (Å²) in [7, 11) is 2.91. The summed E-state index contributed by atoms with van der Waals surface area (Å²) in [6.07, 6.45) is 10.1. The normalized spacial score (nSPS) is 13.1. The topological polar surface area (TPSA) is 57.1 Å². The molecule has 5 nitrogen and oxygen atoms in total. The van der Waals surface area contributed by atoms with Crippen LogP contribution in [0.5, 0.6) is 0 Å². The Hall–Kier alpha value is 0.0574. The molecular formula is C22H38ILiNO4S-3. The fourth-order valence-corrected chi connectivity index (χ4v) is 5.71. The summed E-state index contributed by atoms with van der Waals surface area (Å²) in [6, 6.07) is 0. The minimum absolute atomic E-state index is 0. The van der Waals surface area contributed by atoms with E-state index in [1.54, 1.807) is 11.9 Å². The maximum Gasteiger partial charge on any atom is 1.00 e. The van der Waals surface area contributed by atoms with Crippen molar-refractivity contribution in [3.8, 4) is 0 Å². The SMILES string of the molecule is [CH2-]C/C=C(\[CH2-])C1=NSCI=C1OCCCCCC.[CH2-]OC(=O)OCCCCC.[CH3-].[Li+]. The molecule has 0 saturated heterocycles. The zero-order valence-corrected chi connectivity index (χ0v) is 22.3. The molecule has 0 aliphatic carbocycles. The molecule has 0 aromatic carbocycles. The second kappa shape index (κ2) is 25.3. The van der Waals surface area contributed by atoms with Crippen LogP contribution in [0.15, 0.2) is 16.0 Å². The van der Waals surface area contributed by atoms with Gasteiger partial charge in [-0.1, -0.05) is 66.7 Å². The molecule has 0 bridgehead atoms. The molecule has 172 valence electrons. The van der Waals surface area contributed by atoms with Crippen LogP contribution in [0.4, 0.5) is 4.79 Å². The molecule has 8 heteroatoms. The number of rotatable bonds is 12. The van der Waals surface area contributed by atoms with Gasteiger partial charge in [0.05, 0.1) is 20.7 Å². The molecule has 0 fully saturated rings. The third-order valence-corrected chi connectivity index (χ3v) is 7.38. The van der Waals surface area contributed by atoms with Crippen LogP contribution < -0.4 is 18.9 Å². The van der Waals surface area contributed by atoms with Crippen molar-refractivity contribution in [3.63, 3.8) is 0 Å². The monoisotopic (exact) mass is 546 g/mol. The Morgan fingerprint density at radius 3 is 2.40 bits per heavy atom. The number of carbonyl (C=O) groups excluding carboxylic acids is 1. The van der Waals surface area contributed by atoms with E-state index in [0.717, 1.165) is 57.5 Å². The third kappa shape index (κ3) is 18.8. The molecule has 30 heavy (non-hydrogen) atoms. The number of hydrogen-bond acceptors (Lipinski definition) is 6. The summed E-state index contributed by atoms with van der Waals surface area (Å²) in [4.78, 5) is 10.3. The molecular weight excluding hydrogens is 508 g/mol. The van der Waals surface area contributed by atoms with E-state index >= 15 is 0 Å². The summed E-state index contributed by atoms with van der Waals surface area (Å²) in [5, 5.41) is 0. The largest absolute Gasteiger partial charge is 1.00 e. The maximum absolute atomic E-state index is 10.3. The second-order valence-corrected chi connectivity index (χ2v) is 10.2. The van der Waals surface area contributed by atoms with Gasteiger partial charge in [-0.05, 0) is 24.8 Å². The van der Waals surface area contributed by atoms with Crippen LogP contribution in [0.3, 0.4) is 0 Å². The van der Waals surface area contributed by atoms with Gasteiger partial charge in [0.2, 0.25) is 0 Å². The zero-order chi connectivity index (χ0) is 21.0. The van der Waals surface area contributed by atoms with E-state index < -0.39 is 6.16 Å². The molecule has 0 spiro atoms. The molecule has 0 unspecified atom stereocenters. The van der Waals surface area contributed by atoms with Crippen LogP contribution in [0.2, 0.25) is 0 Å². The van der Waals surface area contributed by atoms with E-state index in [0.29, 0.717) is 6.61 Å². The van der Waals surface area contributed by atoms with Gasteiger partial charge in [-0.3, -0.25) is 4.40 Å². The number of nitrogens with zero attached hydrogens (tertiary/aromatic N) is 1. The first-order valence-corrected chi connectivity index (χ1v) is 13.3. The quantitative estimate of drug-likeness (QED) is 0.0695. The van der Waals surface area contributed by atoms with E-state index in [4.69, 9.17) is 4.74 Å². The van der Waals surface area contributed by atoms with E-state index in [1.165, 1.54) is 19.3 Å². The van der Waals surface area contributed by atoms with Gasteiger partial charge in [0.25, 0.3) is 0 Å². The fraction of sp³-hybridized carbons (Fsp3) is 0.591. The molecule has 0 saturated carbocycles. The Balaban J connectivity index is -0.000000526. The number of carbonyl (C=O) groups is 1. The first-order chi connectivity index (χ1) is 13.6. The summed E-state index contributed by atoms with van der Waals surface area (Å²) >= 11 is 1.61. The van der Waals surface area contributed by atoms with Crippen LogP contribution in [0.25, 0.3) is 0 Å². The van der Waals surface area contributed by atoms with Crippen LogP contribution in [-0.2, 0) is 14.2 Å². The minimum Gasteiger partial charge on any atom is -0.609 e. The molecule has 1 rings (SSSR count). The standard InChI is InChI=1S/C14H22INOS.C7H13O3.CH3.Li/c1-4-6-7-8-10-17-14-13(12(3)9-5-2)16-18-11-15-14;1-3-4-5-6-10-7(8)9-2;;/h9H,2-8,10-11H2,1H3;2-6H2,1H3;1H3;/q-2;2*-1;+1/b12-9+;;;. The number of allylic oxidation sites excluding steroid dienone is 1. The number of halogens is 1. The number of alkyl halides is 1. The van der Waals surface area contributed by atoms with Crippen LogP contribution in [-0.4, -0.2) is 32.5 Å². The molecule has 1 aliphatic rings. The molecule has 0 N–H and O–H groups in total. The smallest absolute Gasteiger partial charge is 0.609 e. The van der Waals surface area contributed by atoms with Gasteiger partial charge in [0.1, 0.15) is 0 Å². The number of hydrogen-bond donors (Lipinski definition) is 0. The summed E-state index contributed by atoms with van der Waals surface area (Å²) in [6.45, 7) is 13.4. The molecule has 0 aromatic rings. The molecule has 0 atom stereocenters. The van der Waals surface area contributed by atoms with Gasteiger partial charge in [-0.15, -0.1) is 0 Å². The van der Waals surface area contributed by atoms with Crippen molar-refractivity contribution >= 4 is 48.2 Å². The molecule has 0 radical (unpaired) electrons. The molecule has 0 aromatic heterocycles. The fourth-order valence-electron chi connectivity index (χ4n) is 2.06. The summed E-state index contributed by atoms with van der Waals surface area (Å²) in [5.74, 6) is 0. The van der Waals surface area contributed by atoms with Gasteiger partial charge in [-0.2, -0.15) is 19.6 Å². The van der Waals surface area contributed by atoms with Crippen molar-refractivity contribution in [2.45, 2.75) is 65.2 Å². The van der Waals surface area contributed by atoms with Crippen LogP contribution >= 0.6 is 32.7 Å². The van der Waals surface area contributed by atoms with Crippen LogP contribution in [0.1, 0.15) is 65.2 Å². The van der Waals surface area contributed by atoms with Crippen molar-refractivity contribution in [1.82, 2.24) is 0 Å². The molecule has 0 amide bonds. The first kappa shape index (κ1) is 34.7. The van der Waals surface area contributed by atoms with Crippen LogP contribution in [0, 0.1) is 28.4 Å². The summed E-state index contributed by atoms with van der Waals surface area (Å²) in [5.41, 5.74) is 1.96. The number of unbranched alkanes of at least 4 members (excludes halogenated alkanes) is 5. The Bertz CT molecular complexity index is 513. The van der Waals surface area contributed by atoms with Gasteiger partial charge >= 0.3 is 25.0 Å². The average Bonchev–Trinajstić information content (AvgIpc) is 2.72. The van der Waals surface area contributed by atoms with Gasteiger partial charge in [0, 0.05) is 5.71 Å². The van der Waals surface area contributed by atoms with Gasteiger partial charge < -0.3 is 28.6 Å². The van der Waals surface area contributed by atoms with Crippen molar-refractivity contribution in [2.75, 3.05) is 17.0 Å². The van der Waals surface area contributed by atoms with Crippen molar-refractivity contribution in [3.05, 3.63) is 40.0 Å². The van der Waals surface area contributed by atoms with Gasteiger partial charge in [-0.25, -0.2) is 17.3 Å². The first-order valence-electron chi connectivity index (χ1n) is 9.80. The predicted molar refractivity (Wildman–Crippen MR) is 136 cm³/mol. The Labute approximate surface area is 211 Å². The second-order valence-electron chi connectivity index (χ2n) is 5.96. The molecule has 1 heterocycles. The van der Waals surface area contributed by atoms with Gasteiger partial charge in [0.15, 0.2) is 0 Å². The van der Waals surface area contributed by atoms with Crippen molar-refractivity contribution < 1.29 is 37.9 Å². The van der Waals surface area contributed by atoms with E-state index in [9.17, 15) is 4.79 Å². The Kier molecular flexibility index (Phi) is 29.3. The average molecular weight is 546 g/mol. The Morgan fingerprint density at radius 2 is 1.80 bits per heavy atom. The number of ether oxygens (including phenoxy) is 3. The molecule has 1 aliphatic heterocycles. The third-order valence-electron chi connectivity index (χ3n) is 3.57. The van der Waals surface area contributed by atoms with E-state index in [1.807, 2.05) is 6.08 Å². The zero-order valence-electron chi connectivity index (χ0n) is 19.3.